The summed E-state index contributed by atoms with van der Waals surface area (Å²) in [5, 5.41) is 12.2. The molecule has 0 spiro atoms. The monoisotopic (exact) mass is 283 g/mol. The first-order valence-corrected chi connectivity index (χ1v) is 6.78. The Kier molecular flexibility index (Phi) is 4.56. The highest BCUT2D eigenvalue weighted by molar-refractivity contribution is 5.69. The largest absolute Gasteiger partial charge is 0.341 e. The standard InChI is InChI=1S/C17H18FN3/c1-12(20-2)13-8-9-17(15(18)10-13)21(3)16-7-5-4-6-14(16)11-19/h4-10,12,20H,1-3H3. The van der Waals surface area contributed by atoms with Gasteiger partial charge in [-0.2, -0.15) is 5.26 Å². The molecule has 1 N–H and O–H groups in total. The van der Waals surface area contributed by atoms with Crippen LogP contribution in [0.1, 0.15) is 24.1 Å². The van der Waals surface area contributed by atoms with E-state index in [4.69, 9.17) is 5.26 Å². The highest BCUT2D eigenvalue weighted by Crippen LogP contribution is 2.30. The van der Waals surface area contributed by atoms with Crippen molar-refractivity contribution in [2.45, 2.75) is 13.0 Å². The molecule has 3 nitrogen and oxygen atoms in total. The molecule has 2 rings (SSSR count). The van der Waals surface area contributed by atoms with Crippen LogP contribution >= 0.6 is 0 Å². The second-order valence-electron chi connectivity index (χ2n) is 4.91. The number of para-hydroxylation sites is 1. The lowest BCUT2D eigenvalue weighted by Gasteiger charge is -2.22. The summed E-state index contributed by atoms with van der Waals surface area (Å²) >= 11 is 0. The molecule has 2 aromatic carbocycles. The summed E-state index contributed by atoms with van der Waals surface area (Å²) in [7, 11) is 3.60. The minimum atomic E-state index is -0.301. The van der Waals surface area contributed by atoms with Crippen LogP contribution < -0.4 is 10.2 Å². The van der Waals surface area contributed by atoms with Gasteiger partial charge in [-0.1, -0.05) is 18.2 Å². The van der Waals surface area contributed by atoms with Crippen LogP contribution in [0.15, 0.2) is 42.5 Å². The Balaban J connectivity index is 2.40. The number of hydrogen-bond donors (Lipinski definition) is 1. The van der Waals surface area contributed by atoms with Crippen molar-refractivity contribution in [2.75, 3.05) is 19.0 Å². The van der Waals surface area contributed by atoms with E-state index in [1.165, 1.54) is 6.07 Å². The lowest BCUT2D eigenvalue weighted by Crippen LogP contribution is -2.15. The molecule has 4 heteroatoms. The zero-order valence-corrected chi connectivity index (χ0v) is 12.4. The second kappa shape index (κ2) is 6.38. The van der Waals surface area contributed by atoms with Crippen LogP contribution in [-0.2, 0) is 0 Å². The van der Waals surface area contributed by atoms with E-state index in [1.807, 2.05) is 32.2 Å². The van der Waals surface area contributed by atoms with Crippen molar-refractivity contribution in [3.8, 4) is 6.07 Å². The number of benzene rings is 2. The molecule has 0 aromatic heterocycles. The molecule has 0 radical (unpaired) electrons. The van der Waals surface area contributed by atoms with Gasteiger partial charge in [0, 0.05) is 13.1 Å². The van der Waals surface area contributed by atoms with E-state index >= 15 is 0 Å². The van der Waals surface area contributed by atoms with E-state index in [9.17, 15) is 4.39 Å². The summed E-state index contributed by atoms with van der Waals surface area (Å²) in [6.07, 6.45) is 0. The van der Waals surface area contributed by atoms with Gasteiger partial charge >= 0.3 is 0 Å². The third kappa shape index (κ3) is 3.04. The van der Waals surface area contributed by atoms with E-state index in [0.29, 0.717) is 16.9 Å². The molecule has 1 atom stereocenters. The molecule has 0 amide bonds. The highest BCUT2D eigenvalue weighted by atomic mass is 19.1. The molecule has 0 aliphatic rings. The van der Waals surface area contributed by atoms with Crippen LogP contribution in [0.25, 0.3) is 0 Å². The fourth-order valence-corrected chi connectivity index (χ4v) is 2.22. The molecule has 1 unspecified atom stereocenters. The summed E-state index contributed by atoms with van der Waals surface area (Å²) < 4.78 is 14.4. The number of nitriles is 1. The Morgan fingerprint density at radius 2 is 1.90 bits per heavy atom. The zero-order chi connectivity index (χ0) is 15.4. The molecule has 0 saturated heterocycles. The number of rotatable bonds is 4. The molecule has 0 saturated carbocycles. The van der Waals surface area contributed by atoms with Gasteiger partial charge < -0.3 is 10.2 Å². The Labute approximate surface area is 124 Å². The van der Waals surface area contributed by atoms with Crippen LogP contribution in [0.3, 0.4) is 0 Å². The van der Waals surface area contributed by atoms with Crippen LogP contribution in [0.5, 0.6) is 0 Å². The third-order valence-electron chi connectivity index (χ3n) is 3.65. The smallest absolute Gasteiger partial charge is 0.147 e. The van der Waals surface area contributed by atoms with Gasteiger partial charge in [-0.05, 0) is 43.8 Å². The van der Waals surface area contributed by atoms with Crippen molar-refractivity contribution in [1.82, 2.24) is 5.32 Å². The second-order valence-corrected chi connectivity index (χ2v) is 4.91. The maximum absolute atomic E-state index is 14.4. The average Bonchev–Trinajstić information content (AvgIpc) is 2.53. The number of anilines is 2. The summed E-state index contributed by atoms with van der Waals surface area (Å²) in [6.45, 7) is 1.98. The quantitative estimate of drug-likeness (QED) is 0.929. The normalized spacial score (nSPS) is 11.8. The van der Waals surface area contributed by atoms with Crippen molar-refractivity contribution >= 4 is 11.4 Å². The van der Waals surface area contributed by atoms with Gasteiger partial charge in [0.25, 0.3) is 0 Å². The zero-order valence-electron chi connectivity index (χ0n) is 12.4. The summed E-state index contributed by atoms with van der Waals surface area (Å²) in [6, 6.07) is 14.5. The molecule has 2 aromatic rings. The molecule has 0 heterocycles. The molecule has 21 heavy (non-hydrogen) atoms. The molecule has 0 aliphatic carbocycles. The first-order chi connectivity index (χ1) is 10.1. The highest BCUT2D eigenvalue weighted by Gasteiger charge is 2.14. The number of nitrogens with one attached hydrogen (secondary N) is 1. The van der Waals surface area contributed by atoms with E-state index < -0.39 is 0 Å². The van der Waals surface area contributed by atoms with Gasteiger partial charge in [-0.25, -0.2) is 4.39 Å². The minimum Gasteiger partial charge on any atom is -0.341 e. The van der Waals surface area contributed by atoms with E-state index in [1.54, 1.807) is 30.1 Å². The number of halogens is 1. The molecular weight excluding hydrogens is 265 g/mol. The lowest BCUT2D eigenvalue weighted by atomic mass is 10.1. The predicted molar refractivity (Wildman–Crippen MR) is 83.1 cm³/mol. The van der Waals surface area contributed by atoms with Gasteiger partial charge in [0.1, 0.15) is 11.9 Å². The van der Waals surface area contributed by atoms with Gasteiger partial charge in [-0.15, -0.1) is 0 Å². The van der Waals surface area contributed by atoms with Crippen molar-refractivity contribution in [3.05, 3.63) is 59.4 Å². The summed E-state index contributed by atoms with van der Waals surface area (Å²) in [5.41, 5.74) is 2.55. The fourth-order valence-electron chi connectivity index (χ4n) is 2.22. The van der Waals surface area contributed by atoms with Crippen LogP contribution in [0.4, 0.5) is 15.8 Å². The third-order valence-corrected chi connectivity index (χ3v) is 3.65. The minimum absolute atomic E-state index is 0.0882. The SMILES string of the molecule is CNC(C)c1ccc(N(C)c2ccccc2C#N)c(F)c1. The Bertz CT molecular complexity index is 676. The van der Waals surface area contributed by atoms with Crippen LogP contribution in [0.2, 0.25) is 0 Å². The Morgan fingerprint density at radius 1 is 1.19 bits per heavy atom. The number of nitrogens with zero attached hydrogens (tertiary/aromatic N) is 2. The summed E-state index contributed by atoms with van der Waals surface area (Å²) in [4.78, 5) is 1.70. The molecule has 0 aliphatic heterocycles. The fraction of sp³-hybridized carbons (Fsp3) is 0.235. The van der Waals surface area contributed by atoms with Crippen LogP contribution in [0, 0.1) is 17.1 Å². The van der Waals surface area contributed by atoms with E-state index in [2.05, 4.69) is 11.4 Å². The topological polar surface area (TPSA) is 39.1 Å². The van der Waals surface area contributed by atoms with Gasteiger partial charge in [-0.3, -0.25) is 0 Å². The maximum Gasteiger partial charge on any atom is 0.147 e. The molecular formula is C17H18FN3. The van der Waals surface area contributed by atoms with Gasteiger partial charge in [0.05, 0.1) is 16.9 Å². The lowest BCUT2D eigenvalue weighted by molar-refractivity contribution is 0.608. The van der Waals surface area contributed by atoms with Gasteiger partial charge in [0.2, 0.25) is 0 Å². The van der Waals surface area contributed by atoms with E-state index in [-0.39, 0.29) is 11.9 Å². The Morgan fingerprint density at radius 3 is 2.52 bits per heavy atom. The predicted octanol–water partition coefficient (Wildman–Crippen LogP) is 3.75. The number of hydrogen-bond acceptors (Lipinski definition) is 3. The first-order valence-electron chi connectivity index (χ1n) is 6.78. The molecule has 0 bridgehead atoms. The Hall–Kier alpha value is -2.38. The van der Waals surface area contributed by atoms with E-state index in [0.717, 1.165) is 5.56 Å². The van der Waals surface area contributed by atoms with Crippen LogP contribution in [-0.4, -0.2) is 14.1 Å². The average molecular weight is 283 g/mol. The first kappa shape index (κ1) is 15.0. The molecule has 108 valence electrons. The van der Waals surface area contributed by atoms with Crippen molar-refractivity contribution in [1.29, 1.82) is 5.26 Å². The van der Waals surface area contributed by atoms with Crippen molar-refractivity contribution < 1.29 is 4.39 Å². The van der Waals surface area contributed by atoms with Crippen molar-refractivity contribution in [2.24, 2.45) is 0 Å². The molecule has 0 fully saturated rings. The van der Waals surface area contributed by atoms with Crippen molar-refractivity contribution in [3.63, 3.8) is 0 Å². The summed E-state index contributed by atoms with van der Waals surface area (Å²) in [5.74, 6) is -0.301. The van der Waals surface area contributed by atoms with Gasteiger partial charge in [0.15, 0.2) is 0 Å². The maximum atomic E-state index is 14.4.